The van der Waals surface area contributed by atoms with Crippen LogP contribution in [0.25, 0.3) is 0 Å². The van der Waals surface area contributed by atoms with E-state index in [1.54, 1.807) is 7.11 Å². The Morgan fingerprint density at radius 3 is 2.77 bits per heavy atom. The summed E-state index contributed by atoms with van der Waals surface area (Å²) in [5.41, 5.74) is 0.588. The molecule has 3 N–H and O–H groups in total. The maximum absolute atomic E-state index is 10.8. The van der Waals surface area contributed by atoms with E-state index in [-0.39, 0.29) is 30.8 Å². The second-order valence-electron chi connectivity index (χ2n) is 8.06. The van der Waals surface area contributed by atoms with Gasteiger partial charge in [-0.15, -0.1) is 0 Å². The summed E-state index contributed by atoms with van der Waals surface area (Å²) in [4.78, 5) is 10.8. The number of methoxy groups -OCH3 is 1. The van der Waals surface area contributed by atoms with E-state index in [9.17, 15) is 15.0 Å². The third kappa shape index (κ3) is 4.54. The van der Waals surface area contributed by atoms with E-state index < -0.39 is 23.8 Å². The molecular weight excluding hydrogens is 384 g/mol. The van der Waals surface area contributed by atoms with Crippen LogP contribution in [-0.4, -0.2) is 52.8 Å². The minimum absolute atomic E-state index is 0.00271. The van der Waals surface area contributed by atoms with Crippen LogP contribution < -0.4 is 4.74 Å². The topological polar surface area (TPSA) is 96.2 Å². The Kier molecular flexibility index (Phi) is 7.19. The number of aliphatic hydroxyl groups excluding tert-OH is 2. The average Bonchev–Trinajstić information content (AvgIpc) is 2.74. The van der Waals surface area contributed by atoms with Gasteiger partial charge in [0.2, 0.25) is 0 Å². The van der Waals surface area contributed by atoms with Crippen molar-refractivity contribution >= 4 is 5.97 Å². The summed E-state index contributed by atoms with van der Waals surface area (Å²) < 4.78 is 11.5. The zero-order valence-corrected chi connectivity index (χ0v) is 17.5. The molecule has 6 heteroatoms. The molecule has 0 radical (unpaired) electrons. The van der Waals surface area contributed by atoms with Gasteiger partial charge in [0.15, 0.2) is 0 Å². The zero-order valence-electron chi connectivity index (χ0n) is 17.5. The molecule has 6 nitrogen and oxygen atoms in total. The minimum atomic E-state index is -0.961. The van der Waals surface area contributed by atoms with Gasteiger partial charge in [-0.1, -0.05) is 43.0 Å². The second-order valence-corrected chi connectivity index (χ2v) is 8.06. The summed E-state index contributed by atoms with van der Waals surface area (Å²) in [6, 6.07) is 9.23. The van der Waals surface area contributed by atoms with Crippen molar-refractivity contribution in [2.75, 3.05) is 13.7 Å². The van der Waals surface area contributed by atoms with Gasteiger partial charge in [-0.25, -0.2) is 0 Å². The number of carboxylic acids is 1. The predicted octanol–water partition coefficient (Wildman–Crippen LogP) is 2.64. The van der Waals surface area contributed by atoms with Crippen molar-refractivity contribution in [2.24, 2.45) is 17.8 Å². The fourth-order valence-corrected chi connectivity index (χ4v) is 4.95. The Balaban J connectivity index is 1.69. The van der Waals surface area contributed by atoms with Gasteiger partial charge < -0.3 is 24.8 Å². The SMILES string of the molecule is CO[C@@]12CC[C@H](O)[C@@H](C#CC(O)COc3ccccc3)[C@@H]1C(C)C2=CCCC(=O)O. The Labute approximate surface area is 177 Å². The van der Waals surface area contributed by atoms with E-state index in [1.807, 2.05) is 36.4 Å². The van der Waals surface area contributed by atoms with Crippen molar-refractivity contribution in [3.63, 3.8) is 0 Å². The Morgan fingerprint density at radius 2 is 2.10 bits per heavy atom. The number of hydrogen-bond donors (Lipinski definition) is 3. The highest BCUT2D eigenvalue weighted by molar-refractivity contribution is 5.66. The minimum Gasteiger partial charge on any atom is -0.490 e. The number of aliphatic hydroxyl groups is 2. The number of allylic oxidation sites excluding steroid dienone is 1. The molecule has 0 saturated heterocycles. The molecule has 0 heterocycles. The van der Waals surface area contributed by atoms with E-state index in [0.29, 0.717) is 25.0 Å². The lowest BCUT2D eigenvalue weighted by molar-refractivity contribution is -0.162. The largest absolute Gasteiger partial charge is 0.490 e. The molecule has 0 aromatic heterocycles. The van der Waals surface area contributed by atoms with Crippen molar-refractivity contribution in [1.82, 2.24) is 0 Å². The molecule has 2 aliphatic rings. The third-order valence-electron chi connectivity index (χ3n) is 6.32. The molecule has 0 amide bonds. The molecule has 1 aromatic rings. The molecule has 2 fully saturated rings. The molecule has 0 bridgehead atoms. The number of rotatable bonds is 7. The first-order valence-corrected chi connectivity index (χ1v) is 10.4. The van der Waals surface area contributed by atoms with Crippen molar-refractivity contribution in [2.45, 2.75) is 50.4 Å². The van der Waals surface area contributed by atoms with Crippen molar-refractivity contribution < 1.29 is 29.6 Å². The number of aliphatic carboxylic acids is 1. The highest BCUT2D eigenvalue weighted by atomic mass is 16.5. The number of benzene rings is 1. The normalized spacial score (nSPS) is 32.3. The molecule has 2 unspecified atom stereocenters. The smallest absolute Gasteiger partial charge is 0.303 e. The van der Waals surface area contributed by atoms with E-state index in [0.717, 1.165) is 5.57 Å². The molecule has 30 heavy (non-hydrogen) atoms. The van der Waals surface area contributed by atoms with Crippen molar-refractivity contribution in [3.05, 3.63) is 42.0 Å². The van der Waals surface area contributed by atoms with Gasteiger partial charge in [0.1, 0.15) is 18.5 Å². The highest BCUT2D eigenvalue weighted by Gasteiger charge is 2.62. The molecule has 0 spiro atoms. The lowest BCUT2D eigenvalue weighted by Crippen LogP contribution is -2.64. The van der Waals surface area contributed by atoms with E-state index >= 15 is 0 Å². The van der Waals surface area contributed by atoms with Crippen LogP contribution in [0, 0.1) is 29.6 Å². The van der Waals surface area contributed by atoms with Crippen molar-refractivity contribution in [1.29, 1.82) is 0 Å². The number of ether oxygens (including phenoxy) is 2. The molecule has 2 saturated carbocycles. The fourth-order valence-electron chi connectivity index (χ4n) is 4.95. The Morgan fingerprint density at radius 1 is 1.37 bits per heavy atom. The summed E-state index contributed by atoms with van der Waals surface area (Å²) in [7, 11) is 1.66. The number of hydrogen-bond acceptors (Lipinski definition) is 5. The van der Waals surface area contributed by atoms with Gasteiger partial charge >= 0.3 is 5.97 Å². The number of carbonyl (C=O) groups is 1. The molecule has 0 aliphatic heterocycles. The van der Waals surface area contributed by atoms with Crippen LogP contribution in [0.5, 0.6) is 5.75 Å². The van der Waals surface area contributed by atoms with Crippen LogP contribution in [0.3, 0.4) is 0 Å². The fraction of sp³-hybridized carbons (Fsp3) is 0.542. The van der Waals surface area contributed by atoms with Crippen LogP contribution in [-0.2, 0) is 9.53 Å². The first-order valence-electron chi connectivity index (χ1n) is 10.4. The lowest BCUT2D eigenvalue weighted by atomic mass is 9.48. The summed E-state index contributed by atoms with van der Waals surface area (Å²) in [5, 5.41) is 29.7. The Bertz CT molecular complexity index is 823. The zero-order chi connectivity index (χ0) is 21.7. The van der Waals surface area contributed by atoms with E-state index in [2.05, 4.69) is 18.8 Å². The quantitative estimate of drug-likeness (QED) is 0.469. The molecule has 162 valence electrons. The van der Waals surface area contributed by atoms with Gasteiger partial charge in [-0.05, 0) is 42.9 Å². The number of carboxylic acid groups (broad SMARTS) is 1. The van der Waals surface area contributed by atoms with Crippen LogP contribution in [0.2, 0.25) is 0 Å². The third-order valence-corrected chi connectivity index (χ3v) is 6.32. The number of para-hydroxylation sites is 1. The summed E-state index contributed by atoms with van der Waals surface area (Å²) in [6.45, 7) is 2.12. The van der Waals surface area contributed by atoms with Crippen LogP contribution in [0.15, 0.2) is 42.0 Å². The average molecular weight is 414 g/mol. The van der Waals surface area contributed by atoms with E-state index in [1.165, 1.54) is 0 Å². The first-order chi connectivity index (χ1) is 14.4. The molecule has 1 aromatic carbocycles. The lowest BCUT2D eigenvalue weighted by Gasteiger charge is -2.61. The number of fused-ring (bicyclic) bond motifs is 1. The monoisotopic (exact) mass is 414 g/mol. The van der Waals surface area contributed by atoms with Crippen LogP contribution in [0.1, 0.15) is 32.6 Å². The maximum Gasteiger partial charge on any atom is 0.303 e. The summed E-state index contributed by atoms with van der Waals surface area (Å²) >= 11 is 0. The van der Waals surface area contributed by atoms with Crippen LogP contribution >= 0.6 is 0 Å². The van der Waals surface area contributed by atoms with Gasteiger partial charge in [0.25, 0.3) is 0 Å². The maximum atomic E-state index is 10.8. The molecular formula is C24H30O6. The second kappa shape index (κ2) is 9.65. The van der Waals surface area contributed by atoms with Crippen molar-refractivity contribution in [3.8, 4) is 17.6 Å². The standard InChI is InChI=1S/C24H30O6/c1-16-20(9-6-10-22(27)28)24(29-2)14-13-21(26)19(23(16)24)12-11-17(25)15-30-18-7-4-3-5-8-18/h3-5,7-9,16-17,19,21,23,25-26H,6,10,13-15H2,1-2H3,(H,27,28)/t16?,17?,19-,21+,23+,24-/m1/s1. The molecule has 6 atom stereocenters. The van der Waals surface area contributed by atoms with Gasteiger partial charge in [-0.3, -0.25) is 4.79 Å². The molecule has 3 rings (SSSR count). The molecule has 2 aliphatic carbocycles. The highest BCUT2D eigenvalue weighted by Crippen LogP contribution is 2.60. The first kappa shape index (κ1) is 22.4. The van der Waals surface area contributed by atoms with Gasteiger partial charge in [0.05, 0.1) is 17.6 Å². The van der Waals surface area contributed by atoms with Gasteiger partial charge in [0, 0.05) is 19.4 Å². The summed E-state index contributed by atoms with van der Waals surface area (Å²) in [6.07, 6.45) is 2.19. The van der Waals surface area contributed by atoms with E-state index in [4.69, 9.17) is 14.6 Å². The van der Waals surface area contributed by atoms with Gasteiger partial charge in [-0.2, -0.15) is 0 Å². The predicted molar refractivity (Wildman–Crippen MR) is 112 cm³/mol. The van der Waals surface area contributed by atoms with Crippen LogP contribution in [0.4, 0.5) is 0 Å². The Hall–Kier alpha value is -2.33. The summed E-state index contributed by atoms with van der Waals surface area (Å²) in [5.74, 6) is 5.58.